The Hall–Kier alpha value is -6.66. The smallest absolute Gasteiger partial charge is 0.262 e. The van der Waals surface area contributed by atoms with E-state index in [1.807, 2.05) is 62.3 Å². The molecule has 64 heavy (non-hydrogen) atoms. The lowest BCUT2D eigenvalue weighted by molar-refractivity contribution is -0.132. The number of benzene rings is 2. The summed E-state index contributed by atoms with van der Waals surface area (Å²) in [6.07, 6.45) is 3.11. The first kappa shape index (κ1) is 41.4. The number of Topliss-reactive ketones (excluding diaryl/α,β-unsaturated/α-hetero) is 2. The van der Waals surface area contributed by atoms with E-state index in [2.05, 4.69) is 46.5 Å². The first-order valence-corrected chi connectivity index (χ1v) is 22.2. The van der Waals surface area contributed by atoms with E-state index in [4.69, 9.17) is 9.98 Å². The number of amides is 3. The molecular weight excluding hydrogens is 815 g/mol. The number of allylic oxidation sites excluding steroid dienone is 1. The fourth-order valence-electron chi connectivity index (χ4n) is 10.0. The lowest BCUT2D eigenvalue weighted by atomic mass is 9.92. The highest BCUT2D eigenvalue weighted by Gasteiger charge is 2.44. The number of nitrogens with one attached hydrogen (secondary N) is 1. The second kappa shape index (κ2) is 16.8. The van der Waals surface area contributed by atoms with Crippen molar-refractivity contribution in [2.45, 2.75) is 58.2 Å². The van der Waals surface area contributed by atoms with Gasteiger partial charge in [-0.25, -0.2) is 9.67 Å². The van der Waals surface area contributed by atoms with E-state index < -0.39 is 17.9 Å². The number of carbonyl (C=O) groups is 5. The van der Waals surface area contributed by atoms with Gasteiger partial charge in [-0.1, -0.05) is 11.2 Å². The van der Waals surface area contributed by atoms with Crippen molar-refractivity contribution in [1.82, 2.24) is 39.9 Å². The first-order chi connectivity index (χ1) is 31.0. The number of pyridine rings is 1. The maximum absolute atomic E-state index is 13.7. The summed E-state index contributed by atoms with van der Waals surface area (Å²) in [6, 6.07) is 14.3. The molecule has 18 heteroatoms. The molecule has 7 heterocycles. The summed E-state index contributed by atoms with van der Waals surface area (Å²) in [6.45, 7) is 13.5. The van der Waals surface area contributed by atoms with Crippen molar-refractivity contribution in [3.8, 4) is 0 Å². The Morgan fingerprint density at radius 3 is 2.31 bits per heavy atom. The van der Waals surface area contributed by atoms with Crippen molar-refractivity contribution in [1.29, 1.82) is 0 Å². The van der Waals surface area contributed by atoms with Crippen LogP contribution < -0.4 is 20.0 Å². The van der Waals surface area contributed by atoms with E-state index in [0.29, 0.717) is 34.9 Å². The monoisotopic (exact) mass is 865 g/mol. The lowest BCUT2D eigenvalue weighted by Crippen LogP contribution is -2.49. The van der Waals surface area contributed by atoms with Gasteiger partial charge in [0.15, 0.2) is 5.78 Å². The van der Waals surface area contributed by atoms with E-state index in [1.165, 1.54) is 0 Å². The zero-order valence-electron chi connectivity index (χ0n) is 36.4. The SMILES string of the molecule is CC1=C(C(=O)Nc2ccc3c(c2)C(c2ccnc(N4CCN(CCCN5CCN(c6ccc7c(c6)C(=O)N(C6CCC(=O)CC6=O)C7=O)CC5)CC4)c2)=NC3)[C@@H](C)n2nnnc2N1C. The Labute approximate surface area is 370 Å². The van der Waals surface area contributed by atoms with Gasteiger partial charge in [0.2, 0.25) is 5.95 Å². The number of ketones is 2. The molecule has 0 radical (unpaired) electrons. The van der Waals surface area contributed by atoms with E-state index in [1.54, 1.807) is 16.8 Å². The van der Waals surface area contributed by atoms with Crippen LogP contribution in [0, 0.1) is 0 Å². The molecule has 18 nitrogen and oxygen atoms in total. The number of imide groups is 1. The molecule has 330 valence electrons. The number of piperazine rings is 2. The van der Waals surface area contributed by atoms with Crippen LogP contribution in [0.1, 0.15) is 83.0 Å². The lowest BCUT2D eigenvalue weighted by Gasteiger charge is -2.38. The molecule has 1 aliphatic carbocycles. The Morgan fingerprint density at radius 1 is 0.828 bits per heavy atom. The second-order valence-corrected chi connectivity index (χ2v) is 17.5. The first-order valence-electron chi connectivity index (χ1n) is 22.2. The fraction of sp³-hybridized carbons (Fsp3) is 0.435. The Kier molecular flexibility index (Phi) is 10.9. The standard InChI is InChI=1S/C46H51N13O5/c1-28-41(29(2)59-46(53(28)3)50-51-52-59)43(62)49-32-6-5-31-27-48-42(36(31)24-32)30-11-12-47-40(23-30)57-21-17-55(18-22-57)14-4-13-54-15-19-56(20-16-54)33-7-9-35-37(25-33)45(64)58(44(35)63)38-10-8-34(60)26-39(38)61/h5-7,9,11-12,23-25,29,38H,4,8,10,13-22,26-27H2,1-3H3,(H,49,62)/t29-,38?/m1/s1. The van der Waals surface area contributed by atoms with Gasteiger partial charge in [-0.2, -0.15) is 0 Å². The summed E-state index contributed by atoms with van der Waals surface area (Å²) in [5, 5.41) is 15.1. The highest BCUT2D eigenvalue weighted by atomic mass is 16.2. The molecule has 5 aliphatic heterocycles. The van der Waals surface area contributed by atoms with E-state index >= 15 is 0 Å². The third kappa shape index (κ3) is 7.53. The van der Waals surface area contributed by atoms with Gasteiger partial charge < -0.3 is 20.0 Å². The molecule has 2 aromatic carbocycles. The van der Waals surface area contributed by atoms with Crippen LogP contribution in [-0.4, -0.2) is 153 Å². The zero-order valence-corrected chi connectivity index (χ0v) is 36.4. The van der Waals surface area contributed by atoms with Gasteiger partial charge in [-0.15, -0.1) is 0 Å². The van der Waals surface area contributed by atoms with Gasteiger partial charge >= 0.3 is 0 Å². The molecule has 2 aromatic heterocycles. The Bertz CT molecular complexity index is 2640. The van der Waals surface area contributed by atoms with Gasteiger partial charge in [0, 0.05) is 100 Å². The van der Waals surface area contributed by atoms with Crippen LogP contribution in [0.4, 0.5) is 23.1 Å². The van der Waals surface area contributed by atoms with Crippen LogP contribution in [0.15, 0.2) is 71.0 Å². The molecule has 1 N–H and O–H groups in total. The van der Waals surface area contributed by atoms with Crippen LogP contribution in [0.3, 0.4) is 0 Å². The highest BCUT2D eigenvalue weighted by molar-refractivity contribution is 6.24. The quantitative estimate of drug-likeness (QED) is 0.181. The van der Waals surface area contributed by atoms with Crippen molar-refractivity contribution in [2.75, 3.05) is 92.5 Å². The molecule has 1 unspecified atom stereocenters. The maximum atomic E-state index is 13.7. The molecule has 6 aliphatic rings. The van der Waals surface area contributed by atoms with Crippen molar-refractivity contribution >= 4 is 58.1 Å². The number of aromatic nitrogens is 5. The summed E-state index contributed by atoms with van der Waals surface area (Å²) >= 11 is 0. The van der Waals surface area contributed by atoms with Crippen molar-refractivity contribution < 1.29 is 24.0 Å². The average molecular weight is 866 g/mol. The number of nitrogens with zero attached hydrogens (tertiary/aromatic N) is 12. The van der Waals surface area contributed by atoms with Crippen LogP contribution in [0.5, 0.6) is 0 Å². The number of fused-ring (bicyclic) bond motifs is 3. The second-order valence-electron chi connectivity index (χ2n) is 17.5. The van der Waals surface area contributed by atoms with Crippen LogP contribution in [-0.2, 0) is 20.9 Å². The average Bonchev–Trinajstić information content (AvgIpc) is 4.03. The number of hydrogen-bond acceptors (Lipinski definition) is 15. The molecule has 1 saturated carbocycles. The molecular formula is C46H51N13O5. The minimum Gasteiger partial charge on any atom is -0.369 e. The maximum Gasteiger partial charge on any atom is 0.262 e. The topological polar surface area (TPSA) is 186 Å². The molecule has 2 atom stereocenters. The summed E-state index contributed by atoms with van der Waals surface area (Å²) in [7, 11) is 1.85. The Balaban J connectivity index is 0.690. The number of rotatable bonds is 10. The number of tetrazole rings is 1. The minimum atomic E-state index is -0.861. The highest BCUT2D eigenvalue weighted by Crippen LogP contribution is 2.35. The van der Waals surface area contributed by atoms with Crippen LogP contribution >= 0.6 is 0 Å². The molecule has 4 aromatic rings. The third-order valence-electron chi connectivity index (χ3n) is 13.8. The van der Waals surface area contributed by atoms with Gasteiger partial charge in [-0.3, -0.25) is 43.7 Å². The predicted molar refractivity (Wildman–Crippen MR) is 239 cm³/mol. The molecule has 3 amide bonds. The van der Waals surface area contributed by atoms with E-state index in [9.17, 15) is 24.0 Å². The van der Waals surface area contributed by atoms with Gasteiger partial charge in [0.05, 0.1) is 47.5 Å². The number of anilines is 4. The number of aliphatic imine (C=N–C) groups is 1. The summed E-state index contributed by atoms with van der Waals surface area (Å²) in [5.74, 6) is -0.0516. The predicted octanol–water partition coefficient (Wildman–Crippen LogP) is 2.96. The summed E-state index contributed by atoms with van der Waals surface area (Å²) in [5.41, 5.74) is 7.67. The van der Waals surface area contributed by atoms with Crippen LogP contribution in [0.25, 0.3) is 0 Å². The largest absolute Gasteiger partial charge is 0.369 e. The zero-order chi connectivity index (χ0) is 44.2. The van der Waals surface area contributed by atoms with Crippen LogP contribution in [0.2, 0.25) is 0 Å². The van der Waals surface area contributed by atoms with Gasteiger partial charge in [0.25, 0.3) is 17.7 Å². The molecule has 0 bridgehead atoms. The molecule has 2 saturated heterocycles. The Morgan fingerprint density at radius 2 is 1.56 bits per heavy atom. The molecule has 0 spiro atoms. The fourth-order valence-corrected chi connectivity index (χ4v) is 10.0. The van der Waals surface area contributed by atoms with Crippen molar-refractivity contribution in [3.63, 3.8) is 0 Å². The van der Waals surface area contributed by atoms with Crippen molar-refractivity contribution in [3.05, 3.63) is 93.8 Å². The number of hydrogen-bond donors (Lipinski definition) is 1. The summed E-state index contributed by atoms with van der Waals surface area (Å²) in [4.78, 5) is 86.8. The normalized spacial score (nSPS) is 21.7. The third-order valence-corrected chi connectivity index (χ3v) is 13.8. The summed E-state index contributed by atoms with van der Waals surface area (Å²) < 4.78 is 1.66. The molecule has 10 rings (SSSR count). The van der Waals surface area contributed by atoms with E-state index in [0.717, 1.165) is 116 Å². The van der Waals surface area contributed by atoms with Crippen molar-refractivity contribution in [2.24, 2.45) is 4.99 Å². The van der Waals surface area contributed by atoms with Gasteiger partial charge in [-0.05, 0) is 98.2 Å². The minimum absolute atomic E-state index is 0.141. The number of carbonyl (C=O) groups excluding carboxylic acids is 5. The van der Waals surface area contributed by atoms with E-state index in [-0.39, 0.29) is 42.8 Å². The molecule has 3 fully saturated rings. The van der Waals surface area contributed by atoms with Gasteiger partial charge in [0.1, 0.15) is 11.6 Å².